The van der Waals surface area contributed by atoms with Gasteiger partial charge in [-0.15, -0.1) is 0 Å². The molecule has 0 spiro atoms. The van der Waals surface area contributed by atoms with E-state index >= 15 is 0 Å². The SMILES string of the molecule is CNC(CS(C)(=O)=O)c1ccc2c(c1)C(=O)NCCC2. The Morgan fingerprint density at radius 3 is 2.80 bits per heavy atom. The molecule has 1 aliphatic rings. The second-order valence-corrected chi connectivity index (χ2v) is 7.39. The molecule has 1 unspecified atom stereocenters. The fourth-order valence-electron chi connectivity index (χ4n) is 2.47. The summed E-state index contributed by atoms with van der Waals surface area (Å²) in [5.41, 5.74) is 2.51. The Labute approximate surface area is 119 Å². The number of amides is 1. The number of sulfone groups is 1. The van der Waals surface area contributed by atoms with E-state index in [2.05, 4.69) is 10.6 Å². The maximum atomic E-state index is 12.0. The number of aryl methyl sites for hydroxylation is 1. The van der Waals surface area contributed by atoms with Crippen molar-refractivity contribution in [3.63, 3.8) is 0 Å². The van der Waals surface area contributed by atoms with Gasteiger partial charge in [0.25, 0.3) is 5.91 Å². The van der Waals surface area contributed by atoms with Gasteiger partial charge in [0, 0.05) is 24.4 Å². The van der Waals surface area contributed by atoms with Gasteiger partial charge in [0.2, 0.25) is 0 Å². The molecule has 1 atom stereocenters. The molecule has 0 fully saturated rings. The van der Waals surface area contributed by atoms with Gasteiger partial charge in [0.1, 0.15) is 9.84 Å². The highest BCUT2D eigenvalue weighted by Gasteiger charge is 2.20. The highest BCUT2D eigenvalue weighted by molar-refractivity contribution is 7.90. The van der Waals surface area contributed by atoms with Crippen molar-refractivity contribution in [2.24, 2.45) is 0 Å². The first kappa shape index (κ1) is 15.0. The predicted molar refractivity (Wildman–Crippen MR) is 78.6 cm³/mol. The van der Waals surface area contributed by atoms with Crippen molar-refractivity contribution in [2.75, 3.05) is 25.6 Å². The number of benzene rings is 1. The summed E-state index contributed by atoms with van der Waals surface area (Å²) in [5.74, 6) is -0.0576. The maximum Gasteiger partial charge on any atom is 0.251 e. The van der Waals surface area contributed by atoms with Crippen LogP contribution in [0.1, 0.15) is 33.9 Å². The van der Waals surface area contributed by atoms with Crippen LogP contribution in [0.25, 0.3) is 0 Å². The molecule has 2 rings (SSSR count). The highest BCUT2D eigenvalue weighted by atomic mass is 32.2. The molecule has 2 N–H and O–H groups in total. The summed E-state index contributed by atoms with van der Waals surface area (Å²) < 4.78 is 22.9. The minimum absolute atomic E-state index is 0.0178. The summed E-state index contributed by atoms with van der Waals surface area (Å²) in [5, 5.41) is 5.86. The van der Waals surface area contributed by atoms with E-state index in [1.165, 1.54) is 6.26 Å². The predicted octanol–water partition coefficient (Wildman–Crippen LogP) is 0.668. The number of hydrogen-bond acceptors (Lipinski definition) is 4. The van der Waals surface area contributed by atoms with Gasteiger partial charge >= 0.3 is 0 Å². The van der Waals surface area contributed by atoms with Crippen LogP contribution in [0.2, 0.25) is 0 Å². The fourth-order valence-corrected chi connectivity index (χ4v) is 3.43. The summed E-state index contributed by atoms with van der Waals surface area (Å²) in [6, 6.07) is 5.35. The van der Waals surface area contributed by atoms with Gasteiger partial charge in [-0.25, -0.2) is 8.42 Å². The van der Waals surface area contributed by atoms with E-state index in [1.54, 1.807) is 7.05 Å². The first-order valence-electron chi connectivity index (χ1n) is 6.67. The number of rotatable bonds is 4. The molecular weight excluding hydrogens is 276 g/mol. The van der Waals surface area contributed by atoms with Crippen LogP contribution in [0.5, 0.6) is 0 Å². The summed E-state index contributed by atoms with van der Waals surface area (Å²) >= 11 is 0. The van der Waals surface area contributed by atoms with Crippen LogP contribution in [0.15, 0.2) is 18.2 Å². The van der Waals surface area contributed by atoms with Crippen molar-refractivity contribution in [2.45, 2.75) is 18.9 Å². The average molecular weight is 296 g/mol. The highest BCUT2D eigenvalue weighted by Crippen LogP contribution is 2.21. The molecule has 6 heteroatoms. The van der Waals surface area contributed by atoms with E-state index in [4.69, 9.17) is 0 Å². The van der Waals surface area contributed by atoms with E-state index in [9.17, 15) is 13.2 Å². The van der Waals surface area contributed by atoms with Crippen LogP contribution in [0.3, 0.4) is 0 Å². The molecule has 0 aliphatic carbocycles. The second kappa shape index (κ2) is 5.93. The maximum absolute atomic E-state index is 12.0. The van der Waals surface area contributed by atoms with Gasteiger partial charge in [0.15, 0.2) is 0 Å². The monoisotopic (exact) mass is 296 g/mol. The van der Waals surface area contributed by atoms with E-state index in [0.717, 1.165) is 24.0 Å². The van der Waals surface area contributed by atoms with Crippen LogP contribution in [-0.4, -0.2) is 39.9 Å². The van der Waals surface area contributed by atoms with Gasteiger partial charge < -0.3 is 10.6 Å². The van der Waals surface area contributed by atoms with Crippen molar-refractivity contribution >= 4 is 15.7 Å². The van der Waals surface area contributed by atoms with Crippen LogP contribution in [0.4, 0.5) is 0 Å². The van der Waals surface area contributed by atoms with Crippen LogP contribution < -0.4 is 10.6 Å². The van der Waals surface area contributed by atoms with E-state index < -0.39 is 9.84 Å². The Morgan fingerprint density at radius 1 is 1.40 bits per heavy atom. The molecule has 1 amide bonds. The number of fused-ring (bicyclic) bond motifs is 1. The minimum atomic E-state index is -3.09. The molecule has 110 valence electrons. The molecular formula is C14H20N2O3S. The standard InChI is InChI=1S/C14H20N2O3S/c1-15-13(9-20(2,18)19)11-6-5-10-4-3-7-16-14(17)12(10)8-11/h5-6,8,13,15H,3-4,7,9H2,1-2H3,(H,16,17). The van der Waals surface area contributed by atoms with Gasteiger partial charge in [0.05, 0.1) is 5.75 Å². The fraction of sp³-hybridized carbons (Fsp3) is 0.500. The molecule has 1 aromatic rings. The number of carbonyl (C=O) groups is 1. The topological polar surface area (TPSA) is 75.3 Å². The molecule has 1 aromatic carbocycles. The first-order chi connectivity index (χ1) is 9.40. The largest absolute Gasteiger partial charge is 0.352 e. The third-order valence-electron chi connectivity index (χ3n) is 3.51. The number of hydrogen-bond donors (Lipinski definition) is 2. The zero-order chi connectivity index (χ0) is 14.8. The third-order valence-corrected chi connectivity index (χ3v) is 4.45. The van der Waals surface area contributed by atoms with Crippen molar-refractivity contribution in [3.8, 4) is 0 Å². The zero-order valence-corrected chi connectivity index (χ0v) is 12.6. The molecule has 1 aliphatic heterocycles. The lowest BCUT2D eigenvalue weighted by Gasteiger charge is -2.17. The van der Waals surface area contributed by atoms with Crippen molar-refractivity contribution in [3.05, 3.63) is 34.9 Å². The summed E-state index contributed by atoms with van der Waals surface area (Å²) in [4.78, 5) is 12.0. The van der Waals surface area contributed by atoms with Gasteiger partial charge in [-0.1, -0.05) is 12.1 Å². The number of carbonyl (C=O) groups excluding carboxylic acids is 1. The third kappa shape index (κ3) is 3.58. The van der Waals surface area contributed by atoms with Crippen LogP contribution in [-0.2, 0) is 16.3 Å². The molecule has 0 aromatic heterocycles. The average Bonchev–Trinajstić information content (AvgIpc) is 2.57. The quantitative estimate of drug-likeness (QED) is 0.856. The Balaban J connectivity index is 2.36. The van der Waals surface area contributed by atoms with Crippen LogP contribution >= 0.6 is 0 Å². The van der Waals surface area contributed by atoms with Crippen LogP contribution in [0, 0.1) is 0 Å². The Kier molecular flexibility index (Phi) is 4.45. The lowest BCUT2D eigenvalue weighted by Crippen LogP contribution is -2.26. The van der Waals surface area contributed by atoms with Crippen molar-refractivity contribution < 1.29 is 13.2 Å². The molecule has 1 heterocycles. The lowest BCUT2D eigenvalue weighted by atomic mass is 9.98. The van der Waals surface area contributed by atoms with Gasteiger partial charge in [-0.2, -0.15) is 0 Å². The Morgan fingerprint density at radius 2 is 2.15 bits per heavy atom. The molecule has 5 nitrogen and oxygen atoms in total. The minimum Gasteiger partial charge on any atom is -0.352 e. The van der Waals surface area contributed by atoms with E-state index in [1.807, 2.05) is 18.2 Å². The normalized spacial score (nSPS) is 17.0. The molecule has 0 saturated carbocycles. The molecule has 0 bridgehead atoms. The zero-order valence-electron chi connectivity index (χ0n) is 11.8. The molecule has 0 saturated heterocycles. The Bertz CT molecular complexity index is 611. The summed E-state index contributed by atoms with van der Waals surface area (Å²) in [6.07, 6.45) is 3.01. The number of nitrogens with one attached hydrogen (secondary N) is 2. The smallest absolute Gasteiger partial charge is 0.251 e. The first-order valence-corrected chi connectivity index (χ1v) is 8.73. The molecule has 0 radical (unpaired) electrons. The van der Waals surface area contributed by atoms with Gasteiger partial charge in [-0.05, 0) is 37.1 Å². The Hall–Kier alpha value is -1.40. The second-order valence-electron chi connectivity index (χ2n) is 5.21. The van der Waals surface area contributed by atoms with Crippen molar-refractivity contribution in [1.82, 2.24) is 10.6 Å². The molecule has 20 heavy (non-hydrogen) atoms. The van der Waals surface area contributed by atoms with Crippen molar-refractivity contribution in [1.29, 1.82) is 0 Å². The van der Waals surface area contributed by atoms with E-state index in [-0.39, 0.29) is 17.7 Å². The lowest BCUT2D eigenvalue weighted by molar-refractivity contribution is 0.0956. The summed E-state index contributed by atoms with van der Waals surface area (Å²) in [6.45, 7) is 0.682. The van der Waals surface area contributed by atoms with E-state index in [0.29, 0.717) is 12.1 Å². The summed E-state index contributed by atoms with van der Waals surface area (Å²) in [7, 11) is -1.36. The van der Waals surface area contributed by atoms with Gasteiger partial charge in [-0.3, -0.25) is 4.79 Å².